The SMILES string of the molecule is Cc1ccc(NC(=O)c2ccc(CN3C(=O)c4ccccc4C3=O)cc2)nc1. The van der Waals surface area contributed by atoms with Crippen molar-refractivity contribution in [3.8, 4) is 0 Å². The molecular formula is C22H17N3O3. The molecule has 3 aromatic rings. The number of carbonyl (C=O) groups excluding carboxylic acids is 3. The van der Waals surface area contributed by atoms with Gasteiger partial charge in [0.15, 0.2) is 0 Å². The zero-order valence-corrected chi connectivity index (χ0v) is 15.2. The number of nitrogens with one attached hydrogen (secondary N) is 1. The monoisotopic (exact) mass is 371 g/mol. The molecule has 138 valence electrons. The quantitative estimate of drug-likeness (QED) is 0.713. The van der Waals surface area contributed by atoms with Gasteiger partial charge in [-0.2, -0.15) is 0 Å². The van der Waals surface area contributed by atoms with E-state index in [4.69, 9.17) is 0 Å². The van der Waals surface area contributed by atoms with Crippen LogP contribution in [0.15, 0.2) is 66.9 Å². The summed E-state index contributed by atoms with van der Waals surface area (Å²) in [6.07, 6.45) is 1.68. The number of hydrogen-bond acceptors (Lipinski definition) is 4. The third-order valence-electron chi connectivity index (χ3n) is 4.59. The Balaban J connectivity index is 1.45. The zero-order chi connectivity index (χ0) is 19.7. The van der Waals surface area contributed by atoms with E-state index < -0.39 is 0 Å². The van der Waals surface area contributed by atoms with E-state index in [0.717, 1.165) is 11.1 Å². The van der Waals surface area contributed by atoms with Crippen LogP contribution in [0.3, 0.4) is 0 Å². The molecule has 0 saturated heterocycles. The molecule has 0 unspecified atom stereocenters. The van der Waals surface area contributed by atoms with Crippen molar-refractivity contribution in [2.75, 3.05) is 5.32 Å². The standard InChI is InChI=1S/C22H17N3O3/c1-14-6-11-19(23-12-14)24-20(26)16-9-7-15(8-10-16)13-25-21(27)17-4-2-3-5-18(17)22(25)28/h2-12H,13H2,1H3,(H,23,24,26). The maximum Gasteiger partial charge on any atom is 0.261 e. The normalized spacial score (nSPS) is 12.8. The van der Waals surface area contributed by atoms with E-state index in [-0.39, 0.29) is 24.3 Å². The molecule has 6 heteroatoms. The highest BCUT2D eigenvalue weighted by molar-refractivity contribution is 6.21. The molecule has 28 heavy (non-hydrogen) atoms. The van der Waals surface area contributed by atoms with E-state index in [1.54, 1.807) is 60.8 Å². The van der Waals surface area contributed by atoms with Gasteiger partial charge in [0.1, 0.15) is 5.82 Å². The highest BCUT2D eigenvalue weighted by Gasteiger charge is 2.34. The first-order chi connectivity index (χ1) is 13.5. The predicted octanol–water partition coefficient (Wildman–Crippen LogP) is 3.44. The van der Waals surface area contributed by atoms with Crippen LogP contribution in [0.25, 0.3) is 0 Å². The average molecular weight is 371 g/mol. The molecule has 4 rings (SSSR count). The highest BCUT2D eigenvalue weighted by atomic mass is 16.2. The second-order valence-electron chi connectivity index (χ2n) is 6.61. The molecule has 1 N–H and O–H groups in total. The maximum atomic E-state index is 12.4. The van der Waals surface area contributed by atoms with Crippen LogP contribution in [-0.4, -0.2) is 27.6 Å². The van der Waals surface area contributed by atoms with Gasteiger partial charge in [-0.15, -0.1) is 0 Å². The van der Waals surface area contributed by atoms with Crippen LogP contribution in [0.2, 0.25) is 0 Å². The summed E-state index contributed by atoms with van der Waals surface area (Å²) >= 11 is 0. The lowest BCUT2D eigenvalue weighted by atomic mass is 10.1. The Morgan fingerprint density at radius 1 is 0.929 bits per heavy atom. The number of imide groups is 1. The van der Waals surface area contributed by atoms with E-state index >= 15 is 0 Å². The van der Waals surface area contributed by atoms with Crippen molar-refractivity contribution in [2.45, 2.75) is 13.5 Å². The summed E-state index contributed by atoms with van der Waals surface area (Å²) in [7, 11) is 0. The molecule has 1 aliphatic rings. The zero-order valence-electron chi connectivity index (χ0n) is 15.2. The molecule has 0 aliphatic carbocycles. The molecule has 6 nitrogen and oxygen atoms in total. The van der Waals surface area contributed by atoms with Crippen LogP contribution in [0.4, 0.5) is 5.82 Å². The number of aromatic nitrogens is 1. The fourth-order valence-corrected chi connectivity index (χ4v) is 3.06. The molecular weight excluding hydrogens is 354 g/mol. The minimum atomic E-state index is -0.298. The maximum absolute atomic E-state index is 12.4. The highest BCUT2D eigenvalue weighted by Crippen LogP contribution is 2.24. The van der Waals surface area contributed by atoms with Gasteiger partial charge in [-0.25, -0.2) is 4.98 Å². The van der Waals surface area contributed by atoms with Crippen molar-refractivity contribution < 1.29 is 14.4 Å². The molecule has 0 atom stereocenters. The van der Waals surface area contributed by atoms with Gasteiger partial charge in [-0.1, -0.05) is 30.3 Å². The van der Waals surface area contributed by atoms with Crippen LogP contribution >= 0.6 is 0 Å². The lowest BCUT2D eigenvalue weighted by molar-refractivity contribution is 0.0642. The fourth-order valence-electron chi connectivity index (χ4n) is 3.06. The van der Waals surface area contributed by atoms with E-state index in [1.807, 2.05) is 13.0 Å². The number of nitrogens with zero attached hydrogens (tertiary/aromatic N) is 2. The van der Waals surface area contributed by atoms with Crippen LogP contribution in [0.5, 0.6) is 0 Å². The van der Waals surface area contributed by atoms with Gasteiger partial charge in [0, 0.05) is 11.8 Å². The van der Waals surface area contributed by atoms with Crippen LogP contribution in [-0.2, 0) is 6.54 Å². The van der Waals surface area contributed by atoms with Crippen molar-refractivity contribution in [1.82, 2.24) is 9.88 Å². The molecule has 3 amide bonds. The minimum absolute atomic E-state index is 0.160. The molecule has 2 heterocycles. The molecule has 1 aromatic heterocycles. The predicted molar refractivity (Wildman–Crippen MR) is 104 cm³/mol. The third kappa shape index (κ3) is 3.27. The Bertz CT molecular complexity index is 1040. The first-order valence-electron chi connectivity index (χ1n) is 8.81. The largest absolute Gasteiger partial charge is 0.307 e. The minimum Gasteiger partial charge on any atom is -0.307 e. The number of fused-ring (bicyclic) bond motifs is 1. The van der Waals surface area contributed by atoms with Crippen LogP contribution in [0.1, 0.15) is 42.2 Å². The van der Waals surface area contributed by atoms with E-state index in [0.29, 0.717) is 22.5 Å². The van der Waals surface area contributed by atoms with Gasteiger partial charge < -0.3 is 5.32 Å². The van der Waals surface area contributed by atoms with Crippen molar-refractivity contribution in [3.05, 3.63) is 94.7 Å². The Kier molecular flexibility index (Phi) is 4.45. The van der Waals surface area contributed by atoms with Gasteiger partial charge in [-0.3, -0.25) is 19.3 Å². The first kappa shape index (κ1) is 17.6. The molecule has 0 bridgehead atoms. The van der Waals surface area contributed by atoms with Gasteiger partial charge in [0.05, 0.1) is 17.7 Å². The Labute approximate surface area is 161 Å². The Morgan fingerprint density at radius 2 is 1.57 bits per heavy atom. The van der Waals surface area contributed by atoms with Crippen molar-refractivity contribution in [3.63, 3.8) is 0 Å². The van der Waals surface area contributed by atoms with Gasteiger partial charge >= 0.3 is 0 Å². The Morgan fingerprint density at radius 3 is 2.14 bits per heavy atom. The number of benzene rings is 2. The number of pyridine rings is 1. The molecule has 1 aliphatic heterocycles. The van der Waals surface area contributed by atoms with E-state index in [9.17, 15) is 14.4 Å². The van der Waals surface area contributed by atoms with Crippen LogP contribution < -0.4 is 5.32 Å². The number of amides is 3. The number of carbonyl (C=O) groups is 3. The lowest BCUT2D eigenvalue weighted by Gasteiger charge is -2.14. The van der Waals surface area contributed by atoms with E-state index in [2.05, 4.69) is 10.3 Å². The lowest BCUT2D eigenvalue weighted by Crippen LogP contribution is -2.29. The second-order valence-corrected chi connectivity index (χ2v) is 6.61. The number of hydrogen-bond donors (Lipinski definition) is 1. The first-order valence-corrected chi connectivity index (χ1v) is 8.81. The fraction of sp³-hybridized carbons (Fsp3) is 0.0909. The molecule has 0 spiro atoms. The summed E-state index contributed by atoms with van der Waals surface area (Å²) in [4.78, 5) is 42.6. The van der Waals surface area contributed by atoms with Gasteiger partial charge in [0.25, 0.3) is 17.7 Å². The summed E-state index contributed by atoms with van der Waals surface area (Å²) in [5.41, 5.74) is 3.09. The van der Waals surface area contributed by atoms with Crippen molar-refractivity contribution in [2.24, 2.45) is 0 Å². The van der Waals surface area contributed by atoms with E-state index in [1.165, 1.54) is 4.90 Å². The summed E-state index contributed by atoms with van der Waals surface area (Å²) in [6, 6.07) is 17.2. The average Bonchev–Trinajstić information content (AvgIpc) is 2.95. The molecule has 2 aromatic carbocycles. The van der Waals surface area contributed by atoms with Gasteiger partial charge in [-0.05, 0) is 48.4 Å². The molecule has 0 fully saturated rings. The van der Waals surface area contributed by atoms with Crippen LogP contribution in [0, 0.1) is 6.92 Å². The summed E-state index contributed by atoms with van der Waals surface area (Å²) in [5, 5.41) is 2.74. The van der Waals surface area contributed by atoms with Crippen molar-refractivity contribution >= 4 is 23.5 Å². The summed E-state index contributed by atoms with van der Waals surface area (Å²) in [6.45, 7) is 2.08. The topological polar surface area (TPSA) is 79.4 Å². The smallest absolute Gasteiger partial charge is 0.261 e. The van der Waals surface area contributed by atoms with Crippen molar-refractivity contribution in [1.29, 1.82) is 0 Å². The molecule has 0 saturated carbocycles. The number of anilines is 1. The second kappa shape index (κ2) is 7.08. The Hall–Kier alpha value is -3.80. The summed E-state index contributed by atoms with van der Waals surface area (Å²) in [5.74, 6) is -0.393. The van der Waals surface area contributed by atoms with Gasteiger partial charge in [0.2, 0.25) is 0 Å². The summed E-state index contributed by atoms with van der Waals surface area (Å²) < 4.78 is 0. The number of rotatable bonds is 4. The molecule has 0 radical (unpaired) electrons. The third-order valence-corrected chi connectivity index (χ3v) is 4.59. The number of aryl methyl sites for hydroxylation is 1.